The number of hydrogen-bond donors (Lipinski definition) is 1. The van der Waals surface area contributed by atoms with Gasteiger partial charge in [0, 0.05) is 19.5 Å². The molecule has 2 amide bonds. The van der Waals surface area contributed by atoms with Gasteiger partial charge in [-0.1, -0.05) is 60.3 Å². The van der Waals surface area contributed by atoms with E-state index in [1.165, 1.54) is 22.2 Å². The summed E-state index contributed by atoms with van der Waals surface area (Å²) in [7, 11) is 0. The molecule has 1 saturated heterocycles. The number of anilines is 1. The monoisotopic (exact) mass is 381 g/mol. The Morgan fingerprint density at radius 3 is 2.44 bits per heavy atom. The van der Waals surface area contributed by atoms with Crippen LogP contribution in [0.25, 0.3) is 0 Å². The van der Waals surface area contributed by atoms with Gasteiger partial charge in [0.25, 0.3) is 0 Å². The Bertz CT molecular complexity index is 809. The molecule has 140 valence electrons. The van der Waals surface area contributed by atoms with Crippen LogP contribution in [0.1, 0.15) is 18.9 Å². The van der Waals surface area contributed by atoms with E-state index in [0.717, 1.165) is 11.6 Å². The molecule has 1 atom stereocenters. The molecule has 1 N–H and O–H groups in total. The molecular formula is C21H23N3O2S. The number of amidine groups is 1. The van der Waals surface area contributed by atoms with Crippen molar-refractivity contribution in [1.82, 2.24) is 5.32 Å². The van der Waals surface area contributed by atoms with Gasteiger partial charge in [-0.3, -0.25) is 14.6 Å². The fraction of sp³-hybridized carbons (Fsp3) is 0.286. The van der Waals surface area contributed by atoms with Gasteiger partial charge in [0.2, 0.25) is 11.8 Å². The van der Waals surface area contributed by atoms with Gasteiger partial charge in [0.15, 0.2) is 5.17 Å². The second-order valence-electron chi connectivity index (χ2n) is 6.17. The summed E-state index contributed by atoms with van der Waals surface area (Å²) in [6.45, 7) is 3.34. The van der Waals surface area contributed by atoms with Crippen LogP contribution in [0.15, 0.2) is 65.7 Å². The third-order valence-corrected chi connectivity index (χ3v) is 5.35. The third-order valence-electron chi connectivity index (χ3n) is 4.20. The number of aliphatic imine (C=N–C) groups is 1. The van der Waals surface area contributed by atoms with Crippen LogP contribution in [0.4, 0.5) is 5.69 Å². The first-order valence-corrected chi connectivity index (χ1v) is 9.97. The standard InChI is InChI=1S/C21H23N3O2S/c1-2-22-21(23-14-13-16-9-5-3-6-10-16)27-18-15-19(25)24(20(18)26)17-11-7-4-8-12-17/h3-12,18H,2,13-15H2,1H3,(H,22,23)/t18-/m0/s1. The Morgan fingerprint density at radius 2 is 1.78 bits per heavy atom. The molecule has 0 bridgehead atoms. The molecule has 0 saturated carbocycles. The van der Waals surface area contributed by atoms with E-state index < -0.39 is 5.25 Å². The molecule has 1 heterocycles. The molecule has 0 aliphatic carbocycles. The van der Waals surface area contributed by atoms with Crippen molar-refractivity contribution in [2.45, 2.75) is 25.0 Å². The van der Waals surface area contributed by atoms with Gasteiger partial charge in [-0.25, -0.2) is 4.90 Å². The number of benzene rings is 2. The van der Waals surface area contributed by atoms with E-state index in [0.29, 0.717) is 18.8 Å². The average Bonchev–Trinajstić information content (AvgIpc) is 2.96. The summed E-state index contributed by atoms with van der Waals surface area (Å²) in [6, 6.07) is 19.2. The van der Waals surface area contributed by atoms with Crippen LogP contribution in [-0.4, -0.2) is 35.3 Å². The number of thioether (sulfide) groups is 1. The molecule has 1 aliphatic rings. The molecule has 0 unspecified atom stereocenters. The zero-order valence-electron chi connectivity index (χ0n) is 15.3. The molecule has 2 aromatic rings. The van der Waals surface area contributed by atoms with E-state index in [-0.39, 0.29) is 18.2 Å². The normalized spacial score (nSPS) is 17.4. The zero-order valence-corrected chi connectivity index (χ0v) is 16.1. The average molecular weight is 382 g/mol. The predicted octanol–water partition coefficient (Wildman–Crippen LogP) is 3.26. The number of hydrogen-bond acceptors (Lipinski definition) is 4. The van der Waals surface area contributed by atoms with E-state index in [9.17, 15) is 9.59 Å². The number of carbonyl (C=O) groups excluding carboxylic acids is 2. The molecule has 0 radical (unpaired) electrons. The predicted molar refractivity (Wildman–Crippen MR) is 111 cm³/mol. The molecule has 3 rings (SSSR count). The van der Waals surface area contributed by atoms with Crippen molar-refractivity contribution in [3.8, 4) is 0 Å². The summed E-state index contributed by atoms with van der Waals surface area (Å²) in [5.41, 5.74) is 1.85. The second kappa shape index (κ2) is 9.37. The first kappa shape index (κ1) is 19.2. The minimum Gasteiger partial charge on any atom is -0.365 e. The van der Waals surface area contributed by atoms with Crippen LogP contribution in [0.5, 0.6) is 0 Å². The number of rotatable bonds is 6. The van der Waals surface area contributed by atoms with Crippen LogP contribution < -0.4 is 10.2 Å². The van der Waals surface area contributed by atoms with Gasteiger partial charge in [-0.05, 0) is 31.0 Å². The quantitative estimate of drug-likeness (QED) is 0.474. The summed E-state index contributed by atoms with van der Waals surface area (Å²) in [5, 5.41) is 3.50. The fourth-order valence-corrected chi connectivity index (χ4v) is 3.99. The minimum absolute atomic E-state index is 0.163. The Labute approximate surface area is 163 Å². The molecule has 1 aliphatic heterocycles. The Morgan fingerprint density at radius 1 is 1.11 bits per heavy atom. The Hall–Kier alpha value is -2.60. The lowest BCUT2D eigenvalue weighted by Crippen LogP contribution is -2.32. The number of para-hydroxylation sites is 1. The fourth-order valence-electron chi connectivity index (χ4n) is 2.90. The van der Waals surface area contributed by atoms with E-state index in [1.54, 1.807) is 12.1 Å². The van der Waals surface area contributed by atoms with Crippen molar-refractivity contribution < 1.29 is 9.59 Å². The van der Waals surface area contributed by atoms with E-state index >= 15 is 0 Å². The van der Waals surface area contributed by atoms with Gasteiger partial charge < -0.3 is 5.32 Å². The van der Waals surface area contributed by atoms with Crippen LogP contribution in [0, 0.1) is 0 Å². The lowest BCUT2D eigenvalue weighted by Gasteiger charge is -2.15. The number of nitrogens with one attached hydrogen (secondary N) is 1. The van der Waals surface area contributed by atoms with Crippen molar-refractivity contribution in [3.63, 3.8) is 0 Å². The second-order valence-corrected chi connectivity index (χ2v) is 7.36. The highest BCUT2D eigenvalue weighted by atomic mass is 32.2. The summed E-state index contributed by atoms with van der Waals surface area (Å²) in [4.78, 5) is 31.0. The maximum Gasteiger partial charge on any atom is 0.247 e. The lowest BCUT2D eigenvalue weighted by atomic mass is 10.2. The van der Waals surface area contributed by atoms with E-state index in [1.807, 2.05) is 43.3 Å². The maximum absolute atomic E-state index is 12.8. The molecule has 27 heavy (non-hydrogen) atoms. The van der Waals surface area contributed by atoms with Crippen LogP contribution in [-0.2, 0) is 16.0 Å². The lowest BCUT2D eigenvalue weighted by molar-refractivity contribution is -0.121. The highest BCUT2D eigenvalue weighted by Gasteiger charge is 2.40. The number of nitrogens with zero attached hydrogens (tertiary/aromatic N) is 2. The minimum atomic E-state index is -0.438. The first-order valence-electron chi connectivity index (χ1n) is 9.09. The van der Waals surface area contributed by atoms with Crippen molar-refractivity contribution in [3.05, 3.63) is 66.2 Å². The van der Waals surface area contributed by atoms with Gasteiger partial charge in [-0.15, -0.1) is 0 Å². The molecule has 6 heteroatoms. The van der Waals surface area contributed by atoms with Gasteiger partial charge in [0.1, 0.15) is 5.25 Å². The summed E-state index contributed by atoms with van der Waals surface area (Å²) < 4.78 is 0. The molecule has 2 aromatic carbocycles. The van der Waals surface area contributed by atoms with Crippen molar-refractivity contribution in [2.24, 2.45) is 4.99 Å². The zero-order chi connectivity index (χ0) is 19.1. The molecule has 5 nitrogen and oxygen atoms in total. The van der Waals surface area contributed by atoms with Gasteiger partial charge >= 0.3 is 0 Å². The van der Waals surface area contributed by atoms with Gasteiger partial charge in [0.05, 0.1) is 5.69 Å². The summed E-state index contributed by atoms with van der Waals surface area (Å²) in [6.07, 6.45) is 1.03. The van der Waals surface area contributed by atoms with Crippen LogP contribution in [0.2, 0.25) is 0 Å². The van der Waals surface area contributed by atoms with Gasteiger partial charge in [-0.2, -0.15) is 0 Å². The number of amides is 2. The van der Waals surface area contributed by atoms with Crippen molar-refractivity contribution >= 4 is 34.4 Å². The number of carbonyl (C=O) groups is 2. The summed E-state index contributed by atoms with van der Waals surface area (Å²) >= 11 is 1.35. The largest absolute Gasteiger partial charge is 0.365 e. The molecular weight excluding hydrogens is 358 g/mol. The molecule has 0 spiro atoms. The van der Waals surface area contributed by atoms with E-state index in [2.05, 4.69) is 22.4 Å². The highest BCUT2D eigenvalue weighted by molar-refractivity contribution is 8.15. The first-order chi connectivity index (χ1) is 13.2. The summed E-state index contributed by atoms with van der Waals surface area (Å²) in [5.74, 6) is -0.339. The smallest absolute Gasteiger partial charge is 0.247 e. The Kier molecular flexibility index (Phi) is 6.65. The SMILES string of the molecule is CCNC(=NCCc1ccccc1)S[C@H]1CC(=O)N(c2ccccc2)C1=O. The van der Waals surface area contributed by atoms with Crippen LogP contribution in [0.3, 0.4) is 0 Å². The topological polar surface area (TPSA) is 61.8 Å². The van der Waals surface area contributed by atoms with E-state index in [4.69, 9.17) is 0 Å². The van der Waals surface area contributed by atoms with Crippen molar-refractivity contribution in [2.75, 3.05) is 18.0 Å². The number of imide groups is 1. The van der Waals surface area contributed by atoms with Crippen molar-refractivity contribution in [1.29, 1.82) is 0 Å². The maximum atomic E-state index is 12.8. The van der Waals surface area contributed by atoms with Crippen LogP contribution >= 0.6 is 11.8 Å². The third kappa shape index (κ3) is 4.98. The highest BCUT2D eigenvalue weighted by Crippen LogP contribution is 2.29. The Balaban J connectivity index is 1.65. The molecule has 0 aromatic heterocycles. The molecule has 1 fully saturated rings.